The minimum absolute atomic E-state index is 0.0284. The molecule has 14 heteroatoms. The Bertz CT molecular complexity index is 1430. The molecule has 0 atom stereocenters. The van der Waals surface area contributed by atoms with Crippen molar-refractivity contribution in [2.24, 2.45) is 0 Å². The largest absolute Gasteiger partial charge is 0.434 e. The first-order chi connectivity index (χ1) is 16.5. The van der Waals surface area contributed by atoms with Crippen molar-refractivity contribution in [2.75, 3.05) is 17.6 Å². The maximum atomic E-state index is 13.3. The number of aryl methyl sites for hydroxylation is 1. The zero-order valence-electron chi connectivity index (χ0n) is 17.7. The highest BCUT2D eigenvalue weighted by Gasteiger charge is 2.34. The molecule has 0 unspecified atom stereocenters. The quantitative estimate of drug-likeness (QED) is 0.181. The van der Waals surface area contributed by atoms with Gasteiger partial charge >= 0.3 is 11.9 Å². The van der Waals surface area contributed by atoms with Crippen LogP contribution < -0.4 is 11.1 Å². The van der Waals surface area contributed by atoms with Gasteiger partial charge in [-0.2, -0.15) is 13.2 Å². The maximum Gasteiger partial charge on any atom is 0.434 e. The van der Waals surface area contributed by atoms with E-state index >= 15 is 0 Å². The van der Waals surface area contributed by atoms with Crippen molar-refractivity contribution < 1.29 is 18.1 Å². The Kier molecular flexibility index (Phi) is 6.68. The monoisotopic (exact) mass is 525 g/mol. The van der Waals surface area contributed by atoms with Crippen molar-refractivity contribution in [1.29, 1.82) is 0 Å². The molecule has 4 aromatic rings. The lowest BCUT2D eigenvalue weighted by Gasteiger charge is -2.11. The number of pyridine rings is 1. The van der Waals surface area contributed by atoms with Gasteiger partial charge in [0.05, 0.1) is 15.6 Å². The van der Waals surface area contributed by atoms with E-state index in [1.165, 1.54) is 28.7 Å². The van der Waals surface area contributed by atoms with Gasteiger partial charge in [-0.05, 0) is 37.1 Å². The second-order valence-corrected chi connectivity index (χ2v) is 8.28. The Morgan fingerprint density at radius 3 is 2.54 bits per heavy atom. The highest BCUT2D eigenvalue weighted by Crippen LogP contribution is 2.33. The van der Waals surface area contributed by atoms with Crippen LogP contribution >= 0.6 is 23.2 Å². The van der Waals surface area contributed by atoms with Crippen LogP contribution in [0.3, 0.4) is 0 Å². The fourth-order valence-corrected chi connectivity index (χ4v) is 3.86. The van der Waals surface area contributed by atoms with Gasteiger partial charge in [-0.3, -0.25) is 14.5 Å². The molecular weight excluding hydrogens is 510 g/mol. The fraction of sp³-hybridized carbons (Fsp3) is 0.190. The lowest BCUT2D eigenvalue weighted by molar-refractivity contribution is -0.384. The van der Waals surface area contributed by atoms with Gasteiger partial charge in [-0.1, -0.05) is 23.2 Å². The lowest BCUT2D eigenvalue weighted by atomic mass is 10.1. The molecule has 1 aromatic carbocycles. The molecule has 0 saturated carbocycles. The molecular formula is C21H16Cl2F3N7O2. The smallest absolute Gasteiger partial charge is 0.378 e. The van der Waals surface area contributed by atoms with E-state index in [0.29, 0.717) is 41.4 Å². The molecule has 0 fully saturated rings. The molecule has 3 heterocycles. The van der Waals surface area contributed by atoms with E-state index in [4.69, 9.17) is 28.9 Å². The number of halogens is 5. The molecule has 0 bridgehead atoms. The number of imidazole rings is 1. The summed E-state index contributed by atoms with van der Waals surface area (Å²) in [5, 5.41) is 14.6. The van der Waals surface area contributed by atoms with Crippen LogP contribution in [-0.4, -0.2) is 30.8 Å². The molecule has 35 heavy (non-hydrogen) atoms. The van der Waals surface area contributed by atoms with Crippen LogP contribution in [0, 0.1) is 10.1 Å². The Hall–Kier alpha value is -3.64. The first-order valence-corrected chi connectivity index (χ1v) is 10.8. The van der Waals surface area contributed by atoms with Gasteiger partial charge in [0.25, 0.3) is 0 Å². The van der Waals surface area contributed by atoms with Crippen LogP contribution in [0.5, 0.6) is 0 Å². The highest BCUT2D eigenvalue weighted by molar-refractivity contribution is 6.36. The molecule has 0 saturated heterocycles. The molecule has 4 rings (SSSR count). The number of nitrogens with one attached hydrogen (secondary N) is 1. The third-order valence-corrected chi connectivity index (χ3v) is 5.55. The van der Waals surface area contributed by atoms with E-state index in [-0.39, 0.29) is 28.1 Å². The molecule has 0 aliphatic heterocycles. The number of nitrogen functional groups attached to an aromatic ring is 1. The van der Waals surface area contributed by atoms with Gasteiger partial charge in [-0.25, -0.2) is 15.0 Å². The minimum atomic E-state index is -4.64. The normalized spacial score (nSPS) is 11.7. The molecule has 3 aromatic heterocycles. The van der Waals surface area contributed by atoms with Crippen LogP contribution in [0.15, 0.2) is 42.6 Å². The molecule has 0 radical (unpaired) electrons. The van der Waals surface area contributed by atoms with E-state index in [9.17, 15) is 23.3 Å². The van der Waals surface area contributed by atoms with Crippen LogP contribution in [0.25, 0.3) is 16.9 Å². The lowest BCUT2D eigenvalue weighted by Crippen LogP contribution is -2.10. The fourth-order valence-electron chi connectivity index (χ4n) is 3.36. The number of nitro groups is 1. The van der Waals surface area contributed by atoms with Crippen molar-refractivity contribution in [1.82, 2.24) is 19.4 Å². The van der Waals surface area contributed by atoms with Gasteiger partial charge in [0.15, 0.2) is 5.69 Å². The maximum absolute atomic E-state index is 13.3. The minimum Gasteiger partial charge on any atom is -0.378 e. The summed E-state index contributed by atoms with van der Waals surface area (Å²) in [5.74, 6) is -0.0582. The average Bonchev–Trinajstić information content (AvgIpc) is 3.21. The summed E-state index contributed by atoms with van der Waals surface area (Å²) in [4.78, 5) is 22.4. The summed E-state index contributed by atoms with van der Waals surface area (Å²) in [6.07, 6.45) is -2.88. The van der Waals surface area contributed by atoms with E-state index in [0.717, 1.165) is 6.20 Å². The molecule has 0 spiro atoms. The predicted octanol–water partition coefficient (Wildman–Crippen LogP) is 5.65. The third kappa shape index (κ3) is 5.38. The van der Waals surface area contributed by atoms with Crippen LogP contribution in [-0.2, 0) is 12.6 Å². The number of benzene rings is 1. The number of hydrogen-bond donors (Lipinski definition) is 2. The van der Waals surface area contributed by atoms with Gasteiger partial charge < -0.3 is 11.1 Å². The summed E-state index contributed by atoms with van der Waals surface area (Å²) in [7, 11) is 0. The van der Waals surface area contributed by atoms with E-state index in [2.05, 4.69) is 20.3 Å². The Morgan fingerprint density at radius 2 is 1.89 bits per heavy atom. The Morgan fingerprint density at radius 1 is 1.11 bits per heavy atom. The first-order valence-electron chi connectivity index (χ1n) is 10.1. The van der Waals surface area contributed by atoms with Gasteiger partial charge in [-0.15, -0.1) is 0 Å². The zero-order chi connectivity index (χ0) is 25.3. The van der Waals surface area contributed by atoms with E-state index < -0.39 is 16.8 Å². The summed E-state index contributed by atoms with van der Waals surface area (Å²) in [6, 6.07) is 8.90. The van der Waals surface area contributed by atoms with Crippen LogP contribution in [0.2, 0.25) is 10.0 Å². The number of aromatic nitrogens is 4. The Labute approximate surface area is 205 Å². The zero-order valence-corrected chi connectivity index (χ0v) is 19.2. The standard InChI is InChI=1S/C21H16Cl2F3N7O2/c22-11-3-5-13(14(23)8-11)15-9-18-31-17(21(24,25)26)10-32(18)20(30-15)28-7-1-2-12-4-6-16(33(34)35)19(27)29-12/h3-6,8-10H,1-2,7H2,(H2,27,29)(H,28,30). The van der Waals surface area contributed by atoms with Crippen molar-refractivity contribution in [3.63, 3.8) is 0 Å². The van der Waals surface area contributed by atoms with Crippen LogP contribution in [0.4, 0.5) is 30.6 Å². The number of anilines is 2. The summed E-state index contributed by atoms with van der Waals surface area (Å²) >= 11 is 12.2. The number of nitrogens with two attached hydrogens (primary N) is 1. The topological polar surface area (TPSA) is 124 Å². The average molecular weight is 526 g/mol. The second-order valence-electron chi connectivity index (χ2n) is 7.44. The van der Waals surface area contributed by atoms with Gasteiger partial charge in [0.2, 0.25) is 11.8 Å². The van der Waals surface area contributed by atoms with Gasteiger partial charge in [0, 0.05) is 41.2 Å². The van der Waals surface area contributed by atoms with Crippen molar-refractivity contribution >= 4 is 46.3 Å². The Balaban J connectivity index is 1.59. The molecule has 0 aliphatic carbocycles. The number of fused-ring (bicyclic) bond motifs is 1. The van der Waals surface area contributed by atoms with Gasteiger partial charge in [0.1, 0.15) is 5.65 Å². The van der Waals surface area contributed by atoms with Crippen molar-refractivity contribution in [3.05, 3.63) is 74.1 Å². The highest BCUT2D eigenvalue weighted by atomic mass is 35.5. The molecule has 0 amide bonds. The number of hydrogen-bond acceptors (Lipinski definition) is 7. The number of nitrogens with zero attached hydrogens (tertiary/aromatic N) is 5. The molecule has 9 nitrogen and oxygen atoms in total. The third-order valence-electron chi connectivity index (χ3n) is 5.00. The predicted molar refractivity (Wildman–Crippen MR) is 126 cm³/mol. The summed E-state index contributed by atoms with van der Waals surface area (Å²) in [5.41, 5.74) is 5.62. The molecule has 0 aliphatic rings. The first kappa shape index (κ1) is 24.5. The summed E-state index contributed by atoms with van der Waals surface area (Å²) in [6.45, 7) is 0.304. The van der Waals surface area contributed by atoms with Crippen LogP contribution in [0.1, 0.15) is 17.8 Å². The van der Waals surface area contributed by atoms with E-state index in [1.807, 2.05) is 0 Å². The molecule has 182 valence electrons. The number of alkyl halides is 3. The number of rotatable bonds is 7. The second kappa shape index (κ2) is 9.55. The SMILES string of the molecule is Nc1nc(CCCNc2nc(-c3ccc(Cl)cc3Cl)cc3nc(C(F)(F)F)cn23)ccc1[N+](=O)[O-]. The summed E-state index contributed by atoms with van der Waals surface area (Å²) < 4.78 is 41.1. The van der Waals surface area contributed by atoms with Crippen molar-refractivity contribution in [2.45, 2.75) is 19.0 Å². The van der Waals surface area contributed by atoms with E-state index in [1.54, 1.807) is 12.1 Å². The molecule has 3 N–H and O–H groups in total. The van der Waals surface area contributed by atoms with Crippen molar-refractivity contribution in [3.8, 4) is 11.3 Å².